The summed E-state index contributed by atoms with van der Waals surface area (Å²) in [4.78, 5) is 27.8. The fraction of sp³-hybridized carbons (Fsp3) is 0.600. The van der Waals surface area contributed by atoms with Gasteiger partial charge in [-0.3, -0.25) is 19.6 Å². The molecule has 8 heteroatoms. The molecule has 1 aliphatic heterocycles. The number of aliphatic carboxylic acids is 1. The molecule has 98 valence electrons. The SMILES string of the molecule is O=C(O)CCc1nc(N2CC(CS)CC2=O)n[nH]1. The normalized spacial score (nSPS) is 19.5. The molecule has 1 aromatic heterocycles. The van der Waals surface area contributed by atoms with Crippen LogP contribution in [0.15, 0.2) is 0 Å². The van der Waals surface area contributed by atoms with Crippen LogP contribution in [-0.4, -0.2) is 44.5 Å². The van der Waals surface area contributed by atoms with Gasteiger partial charge in [0.05, 0.1) is 6.42 Å². The molecule has 1 unspecified atom stereocenters. The summed E-state index contributed by atoms with van der Waals surface area (Å²) < 4.78 is 0. The minimum Gasteiger partial charge on any atom is -0.481 e. The topological polar surface area (TPSA) is 99.2 Å². The minimum atomic E-state index is -0.889. The summed E-state index contributed by atoms with van der Waals surface area (Å²) in [6.07, 6.45) is 0.727. The average Bonchev–Trinajstić information content (AvgIpc) is 2.92. The van der Waals surface area contributed by atoms with Gasteiger partial charge in [-0.25, -0.2) is 0 Å². The van der Waals surface area contributed by atoms with E-state index in [-0.39, 0.29) is 24.7 Å². The molecule has 1 amide bonds. The second-order valence-corrected chi connectivity index (χ2v) is 4.60. The van der Waals surface area contributed by atoms with Gasteiger partial charge in [-0.05, 0) is 11.7 Å². The number of aromatic nitrogens is 3. The molecule has 1 aromatic rings. The highest BCUT2D eigenvalue weighted by atomic mass is 32.1. The summed E-state index contributed by atoms with van der Waals surface area (Å²) in [6.45, 7) is 0.568. The molecule has 0 aromatic carbocycles. The Morgan fingerprint density at radius 1 is 1.61 bits per heavy atom. The van der Waals surface area contributed by atoms with E-state index in [2.05, 4.69) is 27.8 Å². The van der Waals surface area contributed by atoms with Crippen molar-refractivity contribution in [3.05, 3.63) is 5.82 Å². The molecule has 1 saturated heterocycles. The van der Waals surface area contributed by atoms with Crippen molar-refractivity contribution in [3.63, 3.8) is 0 Å². The highest BCUT2D eigenvalue weighted by molar-refractivity contribution is 7.80. The van der Waals surface area contributed by atoms with Gasteiger partial charge in [0.25, 0.3) is 5.95 Å². The lowest BCUT2D eigenvalue weighted by atomic mass is 10.1. The summed E-state index contributed by atoms with van der Waals surface area (Å²) in [5.74, 6) is 0.776. The summed E-state index contributed by atoms with van der Waals surface area (Å²) in [6, 6.07) is 0. The zero-order chi connectivity index (χ0) is 13.1. The number of nitrogens with zero attached hydrogens (tertiary/aromatic N) is 3. The number of thiol groups is 1. The van der Waals surface area contributed by atoms with Gasteiger partial charge in [-0.1, -0.05) is 0 Å². The number of aromatic amines is 1. The zero-order valence-electron chi connectivity index (χ0n) is 9.67. The first-order chi connectivity index (χ1) is 8.60. The second kappa shape index (κ2) is 5.38. The molecule has 1 atom stereocenters. The zero-order valence-corrected chi connectivity index (χ0v) is 10.6. The lowest BCUT2D eigenvalue weighted by Gasteiger charge is -2.10. The van der Waals surface area contributed by atoms with Crippen LogP contribution < -0.4 is 4.90 Å². The van der Waals surface area contributed by atoms with Crippen LogP contribution in [0.25, 0.3) is 0 Å². The van der Waals surface area contributed by atoms with Gasteiger partial charge in [-0.2, -0.15) is 17.6 Å². The molecule has 0 radical (unpaired) electrons. The number of carboxylic acids is 1. The summed E-state index contributed by atoms with van der Waals surface area (Å²) in [7, 11) is 0. The van der Waals surface area contributed by atoms with Crippen LogP contribution in [0, 0.1) is 5.92 Å². The monoisotopic (exact) mass is 270 g/mol. The highest BCUT2D eigenvalue weighted by Gasteiger charge is 2.31. The number of H-pyrrole nitrogens is 1. The summed E-state index contributed by atoms with van der Waals surface area (Å²) >= 11 is 4.18. The van der Waals surface area contributed by atoms with Crippen LogP contribution in [0.3, 0.4) is 0 Å². The van der Waals surface area contributed by atoms with Gasteiger partial charge < -0.3 is 5.11 Å². The number of aryl methyl sites for hydroxylation is 1. The Balaban J connectivity index is 2.01. The summed E-state index contributed by atoms with van der Waals surface area (Å²) in [5.41, 5.74) is 0. The minimum absolute atomic E-state index is 0.0121. The smallest absolute Gasteiger partial charge is 0.303 e. The van der Waals surface area contributed by atoms with Crippen LogP contribution in [0.5, 0.6) is 0 Å². The van der Waals surface area contributed by atoms with Crippen molar-refractivity contribution in [1.29, 1.82) is 0 Å². The molecule has 0 saturated carbocycles. The van der Waals surface area contributed by atoms with E-state index >= 15 is 0 Å². The molecule has 1 aliphatic rings. The van der Waals surface area contributed by atoms with Crippen molar-refractivity contribution in [2.24, 2.45) is 5.92 Å². The predicted molar refractivity (Wildman–Crippen MR) is 66.7 cm³/mol. The third-order valence-electron chi connectivity index (χ3n) is 2.80. The third-order valence-corrected chi connectivity index (χ3v) is 3.32. The van der Waals surface area contributed by atoms with E-state index in [1.807, 2.05) is 0 Å². The van der Waals surface area contributed by atoms with Crippen LogP contribution in [0.2, 0.25) is 0 Å². The van der Waals surface area contributed by atoms with Crippen LogP contribution in [0.4, 0.5) is 5.95 Å². The first-order valence-corrected chi connectivity index (χ1v) is 6.27. The van der Waals surface area contributed by atoms with Crippen LogP contribution in [0.1, 0.15) is 18.7 Å². The van der Waals surface area contributed by atoms with Gasteiger partial charge in [0, 0.05) is 19.4 Å². The van der Waals surface area contributed by atoms with E-state index < -0.39 is 5.97 Å². The lowest BCUT2D eigenvalue weighted by Crippen LogP contribution is -2.25. The van der Waals surface area contributed by atoms with Crippen LogP contribution in [-0.2, 0) is 16.0 Å². The van der Waals surface area contributed by atoms with E-state index in [0.717, 1.165) is 0 Å². The van der Waals surface area contributed by atoms with Gasteiger partial charge in [0.2, 0.25) is 5.91 Å². The highest BCUT2D eigenvalue weighted by Crippen LogP contribution is 2.22. The van der Waals surface area contributed by atoms with Crippen molar-refractivity contribution in [3.8, 4) is 0 Å². The van der Waals surface area contributed by atoms with Crippen molar-refractivity contribution < 1.29 is 14.7 Å². The quantitative estimate of drug-likeness (QED) is 0.659. The van der Waals surface area contributed by atoms with Gasteiger partial charge in [0.1, 0.15) is 5.82 Å². The number of nitrogens with one attached hydrogen (secondary N) is 1. The molecule has 2 rings (SSSR count). The molecule has 2 N–H and O–H groups in total. The Kier molecular flexibility index (Phi) is 3.85. The van der Waals surface area contributed by atoms with E-state index in [9.17, 15) is 9.59 Å². The third kappa shape index (κ3) is 2.81. The number of carbonyl (C=O) groups is 2. The Morgan fingerprint density at radius 3 is 3.00 bits per heavy atom. The molecule has 1 fully saturated rings. The fourth-order valence-corrected chi connectivity index (χ4v) is 2.08. The van der Waals surface area contributed by atoms with E-state index in [4.69, 9.17) is 5.11 Å². The van der Waals surface area contributed by atoms with Gasteiger partial charge in [0.15, 0.2) is 0 Å². The molecular weight excluding hydrogens is 256 g/mol. The number of anilines is 1. The van der Waals surface area contributed by atoms with E-state index in [0.29, 0.717) is 30.5 Å². The van der Waals surface area contributed by atoms with Crippen molar-refractivity contribution in [2.45, 2.75) is 19.3 Å². The Bertz CT molecular complexity index is 462. The largest absolute Gasteiger partial charge is 0.481 e. The molecule has 0 bridgehead atoms. The van der Waals surface area contributed by atoms with Crippen molar-refractivity contribution >= 4 is 30.5 Å². The Labute approximate surface area is 109 Å². The number of carbonyl (C=O) groups excluding carboxylic acids is 1. The number of hydrogen-bond acceptors (Lipinski definition) is 5. The van der Waals surface area contributed by atoms with Crippen LogP contribution >= 0.6 is 12.6 Å². The predicted octanol–water partition coefficient (Wildman–Crippen LogP) is 0.105. The lowest BCUT2D eigenvalue weighted by molar-refractivity contribution is -0.137. The molecule has 2 heterocycles. The first-order valence-electron chi connectivity index (χ1n) is 5.64. The van der Waals surface area contributed by atoms with Gasteiger partial charge in [-0.15, -0.1) is 5.10 Å². The standard InChI is InChI=1S/C10H14N4O3S/c15-8-3-6(5-18)4-14(8)10-11-7(12-13-10)1-2-9(16)17/h6,18H,1-5H2,(H,16,17)(H,11,12,13). The number of carboxylic acid groups (broad SMARTS) is 1. The first kappa shape index (κ1) is 12.9. The molecule has 7 nitrogen and oxygen atoms in total. The Hall–Kier alpha value is -1.57. The maximum absolute atomic E-state index is 11.7. The number of amides is 1. The molecule has 0 spiro atoms. The average molecular weight is 270 g/mol. The second-order valence-electron chi connectivity index (χ2n) is 4.23. The maximum atomic E-state index is 11.7. The molecule has 18 heavy (non-hydrogen) atoms. The summed E-state index contributed by atoms with van der Waals surface area (Å²) in [5, 5.41) is 15.2. The van der Waals surface area contributed by atoms with E-state index in [1.54, 1.807) is 0 Å². The number of hydrogen-bond donors (Lipinski definition) is 3. The van der Waals surface area contributed by atoms with Crippen molar-refractivity contribution in [2.75, 3.05) is 17.2 Å². The molecular formula is C10H14N4O3S. The van der Waals surface area contributed by atoms with E-state index in [1.165, 1.54) is 4.90 Å². The van der Waals surface area contributed by atoms with Crippen molar-refractivity contribution in [1.82, 2.24) is 15.2 Å². The Morgan fingerprint density at radius 2 is 2.39 bits per heavy atom. The maximum Gasteiger partial charge on any atom is 0.303 e. The fourth-order valence-electron chi connectivity index (χ4n) is 1.84. The van der Waals surface area contributed by atoms with Gasteiger partial charge >= 0.3 is 5.97 Å². The number of rotatable bonds is 5. The molecule has 0 aliphatic carbocycles.